The van der Waals surface area contributed by atoms with E-state index in [2.05, 4.69) is 22.2 Å². The van der Waals surface area contributed by atoms with E-state index in [4.69, 9.17) is 16.3 Å². The van der Waals surface area contributed by atoms with Crippen molar-refractivity contribution in [1.82, 2.24) is 14.9 Å². The first-order valence-corrected chi connectivity index (χ1v) is 10.5. The Kier molecular flexibility index (Phi) is 7.23. The van der Waals surface area contributed by atoms with E-state index in [1.807, 2.05) is 30.0 Å². The average molecular weight is 461 g/mol. The fourth-order valence-corrected chi connectivity index (χ4v) is 4.17. The fourth-order valence-electron chi connectivity index (χ4n) is 3.91. The van der Waals surface area contributed by atoms with E-state index in [-0.39, 0.29) is 24.4 Å². The third-order valence-electron chi connectivity index (χ3n) is 5.58. The Hall–Kier alpha value is -2.57. The minimum Gasteiger partial charge on any atom is -0.495 e. The smallest absolute Gasteiger partial charge is 0.257 e. The normalized spacial score (nSPS) is 16.0. The number of piperidine rings is 1. The van der Waals surface area contributed by atoms with Crippen LogP contribution in [0.2, 0.25) is 5.02 Å². The van der Waals surface area contributed by atoms with Gasteiger partial charge < -0.3 is 15.0 Å². The van der Waals surface area contributed by atoms with Crippen LogP contribution in [0.4, 0.5) is 11.4 Å². The number of amides is 1. The zero-order valence-electron chi connectivity index (χ0n) is 17.8. The van der Waals surface area contributed by atoms with Gasteiger partial charge in [-0.3, -0.25) is 4.79 Å². The highest BCUT2D eigenvalue weighted by atomic mass is 35.5. The number of rotatable bonds is 4. The van der Waals surface area contributed by atoms with Crippen LogP contribution in [0.1, 0.15) is 42.2 Å². The summed E-state index contributed by atoms with van der Waals surface area (Å²) >= 11 is 6.31. The third-order valence-corrected chi connectivity index (χ3v) is 5.88. The summed E-state index contributed by atoms with van der Waals surface area (Å²) in [5.74, 6) is 0.580. The number of carbonyl (C=O) groups is 1. The Balaban J connectivity index is 0.00000272. The lowest BCUT2D eigenvalue weighted by Crippen LogP contribution is -2.42. The monoisotopic (exact) mass is 460 g/mol. The number of aromatic nitrogens is 2. The number of hydrogen-bond acceptors (Lipinski definition) is 5. The van der Waals surface area contributed by atoms with Gasteiger partial charge in [-0.1, -0.05) is 11.6 Å². The molecule has 0 radical (unpaired) electrons. The Labute approximate surface area is 193 Å². The standard InChI is InChI=1S/C23H25ClN4O2.ClH/c1-14-7-9-17-21(27-16-8-10-20(30-3)19(24)12-16)18(13-25-22(17)26-14)23(29)28-11-5-4-6-15(28)2;/h7-10,12-13,15H,4-6,11H2,1-3H3,(H,25,26,27);1H. The van der Waals surface area contributed by atoms with E-state index in [1.165, 1.54) is 0 Å². The minimum absolute atomic E-state index is 0. The lowest BCUT2D eigenvalue weighted by atomic mass is 10.0. The summed E-state index contributed by atoms with van der Waals surface area (Å²) in [7, 11) is 1.58. The maximum Gasteiger partial charge on any atom is 0.257 e. The molecule has 3 heterocycles. The molecule has 0 spiro atoms. The summed E-state index contributed by atoms with van der Waals surface area (Å²) in [6, 6.07) is 9.54. The Bertz CT molecular complexity index is 1110. The summed E-state index contributed by atoms with van der Waals surface area (Å²) in [4.78, 5) is 24.4. The number of likely N-dealkylation sites (tertiary alicyclic amines) is 1. The van der Waals surface area contributed by atoms with Crippen LogP contribution in [0.25, 0.3) is 11.0 Å². The summed E-state index contributed by atoms with van der Waals surface area (Å²) in [5.41, 5.74) is 3.46. The second kappa shape index (κ2) is 9.71. The Morgan fingerprint density at radius 1 is 1.26 bits per heavy atom. The maximum atomic E-state index is 13.5. The predicted octanol–water partition coefficient (Wildman–Crippen LogP) is 5.78. The van der Waals surface area contributed by atoms with Gasteiger partial charge in [0.2, 0.25) is 0 Å². The SMILES string of the molecule is COc1ccc(Nc2c(C(=O)N3CCCCC3C)cnc3nc(C)ccc23)cc1Cl.Cl. The van der Waals surface area contributed by atoms with Crippen molar-refractivity contribution in [3.05, 3.63) is 52.8 Å². The zero-order valence-corrected chi connectivity index (χ0v) is 19.4. The number of fused-ring (bicyclic) bond motifs is 1. The van der Waals surface area contributed by atoms with Crippen molar-refractivity contribution in [3.63, 3.8) is 0 Å². The number of pyridine rings is 2. The summed E-state index contributed by atoms with van der Waals surface area (Å²) < 4.78 is 5.25. The van der Waals surface area contributed by atoms with Crippen LogP contribution in [-0.4, -0.2) is 40.5 Å². The molecule has 0 saturated carbocycles. The van der Waals surface area contributed by atoms with Crippen molar-refractivity contribution in [3.8, 4) is 5.75 Å². The predicted molar refractivity (Wildman–Crippen MR) is 127 cm³/mol. The van der Waals surface area contributed by atoms with Crippen molar-refractivity contribution in [2.24, 2.45) is 0 Å². The number of ether oxygens (including phenoxy) is 1. The van der Waals surface area contributed by atoms with Gasteiger partial charge in [0, 0.05) is 35.6 Å². The lowest BCUT2D eigenvalue weighted by molar-refractivity contribution is 0.0636. The number of carbonyl (C=O) groups excluding carboxylic acids is 1. The van der Waals surface area contributed by atoms with Crippen LogP contribution in [0, 0.1) is 6.92 Å². The second-order valence-electron chi connectivity index (χ2n) is 7.69. The number of benzene rings is 1. The molecular formula is C23H26Cl2N4O2. The number of nitrogens with zero attached hydrogens (tertiary/aromatic N) is 3. The number of methoxy groups -OCH3 is 1. The molecule has 8 heteroatoms. The molecule has 1 saturated heterocycles. The molecule has 6 nitrogen and oxygen atoms in total. The second-order valence-corrected chi connectivity index (χ2v) is 8.10. The minimum atomic E-state index is -0.0146. The van der Waals surface area contributed by atoms with Crippen molar-refractivity contribution < 1.29 is 9.53 Å². The van der Waals surface area contributed by atoms with Crippen molar-refractivity contribution in [1.29, 1.82) is 0 Å². The van der Waals surface area contributed by atoms with Crippen LogP contribution in [-0.2, 0) is 0 Å². The summed E-state index contributed by atoms with van der Waals surface area (Å²) in [6.07, 6.45) is 4.82. The number of aryl methyl sites for hydroxylation is 1. The first-order valence-electron chi connectivity index (χ1n) is 10.2. The lowest BCUT2D eigenvalue weighted by Gasteiger charge is -2.34. The molecule has 31 heavy (non-hydrogen) atoms. The molecular weight excluding hydrogens is 435 g/mol. The largest absolute Gasteiger partial charge is 0.495 e. The summed E-state index contributed by atoms with van der Waals surface area (Å²) in [6.45, 7) is 4.79. The van der Waals surface area contributed by atoms with Gasteiger partial charge in [-0.2, -0.15) is 0 Å². The molecule has 1 aliphatic rings. The summed E-state index contributed by atoms with van der Waals surface area (Å²) in [5, 5.41) is 4.68. The highest BCUT2D eigenvalue weighted by molar-refractivity contribution is 6.32. The van der Waals surface area contributed by atoms with E-state index in [0.29, 0.717) is 27.7 Å². The molecule has 0 bridgehead atoms. The first-order chi connectivity index (χ1) is 14.5. The van der Waals surface area contributed by atoms with E-state index in [9.17, 15) is 4.79 Å². The van der Waals surface area contributed by atoms with Gasteiger partial charge in [-0.05, 0) is 63.4 Å². The van der Waals surface area contributed by atoms with Crippen molar-refractivity contribution in [2.45, 2.75) is 39.2 Å². The number of anilines is 2. The molecule has 1 N–H and O–H groups in total. The number of hydrogen-bond donors (Lipinski definition) is 1. The van der Waals surface area contributed by atoms with Gasteiger partial charge in [-0.25, -0.2) is 9.97 Å². The Morgan fingerprint density at radius 3 is 2.77 bits per heavy atom. The molecule has 3 aromatic rings. The molecule has 0 aliphatic carbocycles. The quantitative estimate of drug-likeness (QED) is 0.534. The average Bonchev–Trinajstić information content (AvgIpc) is 2.74. The van der Waals surface area contributed by atoms with E-state index in [1.54, 1.807) is 25.4 Å². The van der Waals surface area contributed by atoms with Crippen LogP contribution >= 0.6 is 24.0 Å². The highest BCUT2D eigenvalue weighted by Crippen LogP contribution is 2.34. The van der Waals surface area contributed by atoms with Crippen LogP contribution in [0.3, 0.4) is 0 Å². The molecule has 2 aromatic heterocycles. The highest BCUT2D eigenvalue weighted by Gasteiger charge is 2.27. The molecule has 1 aromatic carbocycles. The van der Waals surface area contributed by atoms with E-state index in [0.717, 1.165) is 42.6 Å². The number of halogens is 2. The van der Waals surface area contributed by atoms with Crippen LogP contribution in [0.15, 0.2) is 36.5 Å². The topological polar surface area (TPSA) is 67.3 Å². The van der Waals surface area contributed by atoms with Gasteiger partial charge in [-0.15, -0.1) is 12.4 Å². The van der Waals surface area contributed by atoms with E-state index < -0.39 is 0 Å². The van der Waals surface area contributed by atoms with Gasteiger partial charge >= 0.3 is 0 Å². The molecule has 1 atom stereocenters. The fraction of sp³-hybridized carbons (Fsp3) is 0.348. The van der Waals surface area contributed by atoms with Gasteiger partial charge in [0.1, 0.15) is 5.75 Å². The number of nitrogens with one attached hydrogen (secondary N) is 1. The van der Waals surface area contributed by atoms with Gasteiger partial charge in [0.25, 0.3) is 5.91 Å². The van der Waals surface area contributed by atoms with Gasteiger partial charge in [0.15, 0.2) is 5.65 Å². The molecule has 1 fully saturated rings. The van der Waals surface area contributed by atoms with Crippen LogP contribution < -0.4 is 10.1 Å². The third kappa shape index (κ3) is 4.70. The molecule has 4 rings (SSSR count). The Morgan fingerprint density at radius 2 is 2.06 bits per heavy atom. The zero-order chi connectivity index (χ0) is 21.3. The molecule has 1 amide bonds. The van der Waals surface area contributed by atoms with Crippen molar-refractivity contribution >= 4 is 52.3 Å². The maximum absolute atomic E-state index is 13.5. The van der Waals surface area contributed by atoms with Crippen molar-refractivity contribution in [2.75, 3.05) is 19.0 Å². The molecule has 164 valence electrons. The van der Waals surface area contributed by atoms with Crippen LogP contribution in [0.5, 0.6) is 5.75 Å². The first kappa shape index (κ1) is 23.1. The van der Waals surface area contributed by atoms with Gasteiger partial charge in [0.05, 0.1) is 23.4 Å². The van der Waals surface area contributed by atoms with E-state index >= 15 is 0 Å². The molecule has 1 unspecified atom stereocenters. The molecule has 1 aliphatic heterocycles.